The zero-order chi connectivity index (χ0) is 15.8. The minimum Gasteiger partial charge on any atom is -0.388 e. The Balaban J connectivity index is 1.80. The zero-order valence-electron chi connectivity index (χ0n) is 12.4. The Kier molecular flexibility index (Phi) is 6.13. The predicted molar refractivity (Wildman–Crippen MR) is 86.4 cm³/mol. The van der Waals surface area contributed by atoms with Crippen molar-refractivity contribution in [3.05, 3.63) is 60.2 Å². The fraction of sp³-hybridized carbons (Fsp3) is 0.278. The third-order valence-corrected chi connectivity index (χ3v) is 3.64. The highest BCUT2D eigenvalue weighted by atomic mass is 16.5. The number of unbranched alkanes of at least 4 members (excludes halogenated alkanes) is 2. The van der Waals surface area contributed by atoms with Gasteiger partial charge in [-0.25, -0.2) is 5.48 Å². The minimum absolute atomic E-state index is 0.464. The van der Waals surface area contributed by atoms with Crippen LogP contribution >= 0.6 is 0 Å². The third-order valence-electron chi connectivity index (χ3n) is 3.64. The first kappa shape index (κ1) is 16.2. The molecule has 0 aromatic heterocycles. The molecule has 3 N–H and O–H groups in total. The van der Waals surface area contributed by atoms with E-state index in [1.165, 1.54) is 11.5 Å². The van der Waals surface area contributed by atoms with E-state index in [9.17, 15) is 9.90 Å². The molecule has 1 amide bonds. The Morgan fingerprint density at radius 2 is 1.91 bits per heavy atom. The number of aliphatic hydroxyl groups excluding tert-OH is 1. The molecule has 2 aromatic carbocycles. The van der Waals surface area contributed by atoms with Gasteiger partial charge in [-0.15, -0.1) is 0 Å². The Bertz CT molecular complexity index is 652. The Labute approximate surface area is 130 Å². The van der Waals surface area contributed by atoms with E-state index in [2.05, 4.69) is 6.07 Å². The predicted octanol–water partition coefficient (Wildman–Crippen LogP) is 3.50. The highest BCUT2D eigenvalue weighted by Gasteiger charge is 2.07. The minimum atomic E-state index is -0.517. The van der Waals surface area contributed by atoms with E-state index in [-0.39, 0.29) is 0 Å². The summed E-state index contributed by atoms with van der Waals surface area (Å²) in [6.45, 7) is 0. The number of fused-ring (bicyclic) bond motifs is 1. The molecule has 0 unspecified atom stereocenters. The first-order valence-electron chi connectivity index (χ1n) is 7.48. The summed E-state index contributed by atoms with van der Waals surface area (Å²) in [5.41, 5.74) is 2.48. The molecular formula is C18H21NO3. The van der Waals surface area contributed by atoms with Crippen molar-refractivity contribution in [2.75, 3.05) is 0 Å². The summed E-state index contributed by atoms with van der Waals surface area (Å²) < 4.78 is 0. The van der Waals surface area contributed by atoms with Gasteiger partial charge in [0.15, 0.2) is 0 Å². The van der Waals surface area contributed by atoms with E-state index in [0.29, 0.717) is 6.42 Å². The number of nitrogens with one attached hydrogen (secondary N) is 1. The van der Waals surface area contributed by atoms with Gasteiger partial charge in [-0.1, -0.05) is 48.9 Å². The summed E-state index contributed by atoms with van der Waals surface area (Å²) in [7, 11) is 0. The van der Waals surface area contributed by atoms with Gasteiger partial charge in [0.05, 0.1) is 6.10 Å². The van der Waals surface area contributed by atoms with Crippen LogP contribution < -0.4 is 5.48 Å². The van der Waals surface area contributed by atoms with Crippen LogP contribution in [0.1, 0.15) is 37.4 Å². The molecular weight excluding hydrogens is 278 g/mol. The largest absolute Gasteiger partial charge is 0.388 e. The van der Waals surface area contributed by atoms with Crippen molar-refractivity contribution < 1.29 is 15.1 Å². The van der Waals surface area contributed by atoms with Gasteiger partial charge in [-0.3, -0.25) is 10.0 Å². The molecule has 0 aliphatic carbocycles. The van der Waals surface area contributed by atoms with E-state index < -0.39 is 12.0 Å². The molecule has 0 spiro atoms. The van der Waals surface area contributed by atoms with Crippen molar-refractivity contribution in [2.45, 2.75) is 31.8 Å². The maximum atomic E-state index is 10.8. The molecule has 0 radical (unpaired) electrons. The molecule has 116 valence electrons. The SMILES string of the molecule is O=C(/C=C/CCCC[C@@H](O)c1ccc2ccccc2c1)NO. The number of hydrogen-bond acceptors (Lipinski definition) is 3. The second kappa shape index (κ2) is 8.32. The van der Waals surface area contributed by atoms with E-state index >= 15 is 0 Å². The maximum absolute atomic E-state index is 10.8. The molecule has 0 saturated heterocycles. The van der Waals surface area contributed by atoms with Crippen molar-refractivity contribution in [1.29, 1.82) is 0 Å². The smallest absolute Gasteiger partial charge is 0.267 e. The molecule has 0 fully saturated rings. The first-order valence-corrected chi connectivity index (χ1v) is 7.48. The van der Waals surface area contributed by atoms with Crippen LogP contribution in [0.2, 0.25) is 0 Å². The number of hydrogen-bond donors (Lipinski definition) is 3. The van der Waals surface area contributed by atoms with Gasteiger partial charge < -0.3 is 5.11 Å². The fourth-order valence-corrected chi connectivity index (χ4v) is 2.41. The molecule has 4 nitrogen and oxygen atoms in total. The van der Waals surface area contributed by atoms with Gasteiger partial charge in [-0.05, 0) is 41.7 Å². The molecule has 22 heavy (non-hydrogen) atoms. The lowest BCUT2D eigenvalue weighted by molar-refractivity contribution is -0.124. The number of carbonyl (C=O) groups is 1. The summed E-state index contributed by atoms with van der Waals surface area (Å²) in [6, 6.07) is 14.1. The first-order chi connectivity index (χ1) is 10.7. The van der Waals surface area contributed by atoms with Gasteiger partial charge in [0.25, 0.3) is 5.91 Å². The molecule has 0 saturated carbocycles. The summed E-state index contributed by atoms with van der Waals surface area (Å²) >= 11 is 0. The summed E-state index contributed by atoms with van der Waals surface area (Å²) in [5.74, 6) is -0.517. The Morgan fingerprint density at radius 1 is 1.14 bits per heavy atom. The van der Waals surface area contributed by atoms with Gasteiger partial charge >= 0.3 is 0 Å². The lowest BCUT2D eigenvalue weighted by atomic mass is 10.00. The number of aliphatic hydroxyl groups is 1. The molecule has 0 bridgehead atoms. The topological polar surface area (TPSA) is 69.6 Å². The van der Waals surface area contributed by atoms with Crippen LogP contribution in [0.5, 0.6) is 0 Å². The maximum Gasteiger partial charge on any atom is 0.267 e. The number of rotatable bonds is 7. The lowest BCUT2D eigenvalue weighted by Gasteiger charge is -2.11. The zero-order valence-corrected chi connectivity index (χ0v) is 12.4. The van der Waals surface area contributed by atoms with Crippen molar-refractivity contribution in [2.24, 2.45) is 0 Å². The molecule has 1 atom stereocenters. The highest BCUT2D eigenvalue weighted by molar-refractivity contribution is 5.86. The standard InChI is InChI=1S/C18H21NO3/c20-17(9-3-1-2-4-10-18(21)19-22)16-12-11-14-7-5-6-8-15(14)13-16/h4-8,10-13,17,20,22H,1-3,9H2,(H,19,21)/b10-4+/t17-/m1/s1. The van der Waals surface area contributed by atoms with E-state index in [0.717, 1.165) is 30.2 Å². The Morgan fingerprint density at radius 3 is 2.68 bits per heavy atom. The van der Waals surface area contributed by atoms with Crippen molar-refractivity contribution >= 4 is 16.7 Å². The molecule has 2 rings (SSSR count). The van der Waals surface area contributed by atoms with E-state index in [1.807, 2.05) is 36.4 Å². The third kappa shape index (κ3) is 4.69. The van der Waals surface area contributed by atoms with Gasteiger partial charge in [0.1, 0.15) is 0 Å². The molecule has 0 aliphatic heterocycles. The van der Waals surface area contributed by atoms with Crippen molar-refractivity contribution in [1.82, 2.24) is 5.48 Å². The normalized spacial score (nSPS) is 12.6. The summed E-state index contributed by atoms with van der Waals surface area (Å²) in [4.78, 5) is 10.8. The number of benzene rings is 2. The van der Waals surface area contributed by atoms with Gasteiger partial charge in [-0.2, -0.15) is 0 Å². The number of allylic oxidation sites excluding steroid dienone is 1. The second-order valence-electron chi connectivity index (χ2n) is 5.29. The van der Waals surface area contributed by atoms with Crippen LogP contribution in [0.25, 0.3) is 10.8 Å². The average molecular weight is 299 g/mol. The van der Waals surface area contributed by atoms with E-state index in [1.54, 1.807) is 11.6 Å². The second-order valence-corrected chi connectivity index (χ2v) is 5.29. The highest BCUT2D eigenvalue weighted by Crippen LogP contribution is 2.24. The van der Waals surface area contributed by atoms with Crippen LogP contribution in [0.3, 0.4) is 0 Å². The van der Waals surface area contributed by atoms with Crippen molar-refractivity contribution in [3.63, 3.8) is 0 Å². The number of hydroxylamine groups is 1. The molecule has 4 heteroatoms. The number of amides is 1. The molecule has 2 aromatic rings. The van der Waals surface area contributed by atoms with Crippen LogP contribution in [0.15, 0.2) is 54.6 Å². The average Bonchev–Trinajstić information content (AvgIpc) is 2.56. The molecule has 0 aliphatic rings. The van der Waals surface area contributed by atoms with Crippen LogP contribution in [0, 0.1) is 0 Å². The lowest BCUT2D eigenvalue weighted by Crippen LogP contribution is -2.14. The van der Waals surface area contributed by atoms with Crippen LogP contribution in [0.4, 0.5) is 0 Å². The quantitative estimate of drug-likeness (QED) is 0.317. The fourth-order valence-electron chi connectivity index (χ4n) is 2.41. The van der Waals surface area contributed by atoms with Crippen LogP contribution in [-0.2, 0) is 4.79 Å². The van der Waals surface area contributed by atoms with Crippen molar-refractivity contribution in [3.8, 4) is 0 Å². The summed E-state index contributed by atoms with van der Waals surface area (Å²) in [5, 5.41) is 20.9. The Hall–Kier alpha value is -2.17. The molecule has 0 heterocycles. The summed E-state index contributed by atoms with van der Waals surface area (Å²) in [6.07, 6.45) is 5.76. The van der Waals surface area contributed by atoms with E-state index in [4.69, 9.17) is 5.21 Å². The van der Waals surface area contributed by atoms with Gasteiger partial charge in [0, 0.05) is 6.08 Å². The number of carbonyl (C=O) groups excluding carboxylic acids is 1. The van der Waals surface area contributed by atoms with Crippen LogP contribution in [-0.4, -0.2) is 16.2 Å². The monoisotopic (exact) mass is 299 g/mol. The van der Waals surface area contributed by atoms with Gasteiger partial charge in [0.2, 0.25) is 0 Å².